The van der Waals surface area contributed by atoms with Crippen LogP contribution in [0.5, 0.6) is 0 Å². The number of carboxylic acids is 1. The second-order valence-corrected chi connectivity index (χ2v) is 3.62. The molecule has 1 aromatic carbocycles. The van der Waals surface area contributed by atoms with Gasteiger partial charge in [0.05, 0.1) is 12.1 Å². The molecule has 0 aromatic heterocycles. The van der Waals surface area contributed by atoms with Gasteiger partial charge in [-0.2, -0.15) is 5.10 Å². The van der Waals surface area contributed by atoms with Crippen molar-refractivity contribution < 1.29 is 19.5 Å². The number of carboxylic acid groups (broad SMARTS) is 1. The number of rotatable bonds is 5. The van der Waals surface area contributed by atoms with Gasteiger partial charge in [0.2, 0.25) is 0 Å². The number of carbonyl (C=O) groups excluding carboxylic acids is 2. The average Bonchev–Trinajstić information content (AvgIpc) is 2.39. The Morgan fingerprint density at radius 1 is 1.16 bits per heavy atom. The second-order valence-electron chi connectivity index (χ2n) is 3.62. The molecule has 0 aliphatic rings. The molecule has 0 aliphatic carbocycles. The summed E-state index contributed by atoms with van der Waals surface area (Å²) in [6, 6.07) is 8.73. The number of carbonyl (C=O) groups is 3. The number of primary amides is 1. The predicted octanol–water partition coefficient (Wildman–Crippen LogP) is -0.143. The SMILES string of the molecule is NC(=O)C(=O)N/N=C(\CCC(=O)O)c1ccccc1. The van der Waals surface area contributed by atoms with E-state index in [1.807, 2.05) is 5.43 Å². The lowest BCUT2D eigenvalue weighted by atomic mass is 10.1. The Morgan fingerprint density at radius 2 is 1.79 bits per heavy atom. The molecule has 100 valence electrons. The van der Waals surface area contributed by atoms with E-state index in [1.54, 1.807) is 30.3 Å². The van der Waals surface area contributed by atoms with E-state index in [4.69, 9.17) is 10.8 Å². The van der Waals surface area contributed by atoms with Gasteiger partial charge in [-0.05, 0) is 5.56 Å². The molecule has 2 amide bonds. The highest BCUT2D eigenvalue weighted by molar-refractivity contribution is 6.34. The first-order valence-corrected chi connectivity index (χ1v) is 5.44. The van der Waals surface area contributed by atoms with Crippen molar-refractivity contribution in [2.75, 3.05) is 0 Å². The number of aliphatic carboxylic acids is 1. The van der Waals surface area contributed by atoms with Crippen molar-refractivity contribution in [3.05, 3.63) is 35.9 Å². The summed E-state index contributed by atoms with van der Waals surface area (Å²) >= 11 is 0. The maximum Gasteiger partial charge on any atom is 0.329 e. The van der Waals surface area contributed by atoms with Crippen molar-refractivity contribution in [2.45, 2.75) is 12.8 Å². The summed E-state index contributed by atoms with van der Waals surface area (Å²) in [5.74, 6) is -3.19. The van der Waals surface area contributed by atoms with Crippen LogP contribution in [0.3, 0.4) is 0 Å². The zero-order valence-corrected chi connectivity index (χ0v) is 10.00. The van der Waals surface area contributed by atoms with Crippen LogP contribution in [0.1, 0.15) is 18.4 Å². The van der Waals surface area contributed by atoms with Crippen LogP contribution in [0.15, 0.2) is 35.4 Å². The molecule has 0 saturated carbocycles. The summed E-state index contributed by atoms with van der Waals surface area (Å²) < 4.78 is 0. The fraction of sp³-hybridized carbons (Fsp3) is 0.167. The molecule has 0 fully saturated rings. The molecule has 0 bridgehead atoms. The summed E-state index contributed by atoms with van der Waals surface area (Å²) in [5, 5.41) is 12.4. The first-order valence-electron chi connectivity index (χ1n) is 5.44. The van der Waals surface area contributed by atoms with E-state index >= 15 is 0 Å². The molecule has 0 heterocycles. The van der Waals surface area contributed by atoms with Crippen LogP contribution >= 0.6 is 0 Å². The number of amides is 2. The molecule has 0 radical (unpaired) electrons. The van der Waals surface area contributed by atoms with Crippen molar-refractivity contribution in [1.29, 1.82) is 0 Å². The van der Waals surface area contributed by atoms with Crippen LogP contribution in [0.25, 0.3) is 0 Å². The Bertz CT molecular complexity index is 511. The van der Waals surface area contributed by atoms with Gasteiger partial charge in [0.1, 0.15) is 0 Å². The summed E-state index contributed by atoms with van der Waals surface area (Å²) in [6.45, 7) is 0. The van der Waals surface area contributed by atoms with Gasteiger partial charge in [-0.1, -0.05) is 30.3 Å². The number of nitrogens with one attached hydrogen (secondary N) is 1. The average molecular weight is 263 g/mol. The quantitative estimate of drug-likeness (QED) is 0.388. The van der Waals surface area contributed by atoms with Gasteiger partial charge < -0.3 is 10.8 Å². The number of nitrogens with two attached hydrogens (primary N) is 1. The highest BCUT2D eigenvalue weighted by Gasteiger charge is 2.10. The summed E-state index contributed by atoms with van der Waals surface area (Å²) in [5.41, 5.74) is 7.77. The van der Waals surface area contributed by atoms with Crippen molar-refractivity contribution in [3.8, 4) is 0 Å². The van der Waals surface area contributed by atoms with Gasteiger partial charge in [0, 0.05) is 6.42 Å². The molecule has 0 spiro atoms. The number of nitrogens with zero attached hydrogens (tertiary/aromatic N) is 1. The van der Waals surface area contributed by atoms with Gasteiger partial charge in [-0.3, -0.25) is 14.4 Å². The molecule has 4 N–H and O–H groups in total. The molecule has 0 atom stereocenters. The largest absolute Gasteiger partial charge is 0.481 e. The van der Waals surface area contributed by atoms with Crippen LogP contribution in [0.2, 0.25) is 0 Å². The van der Waals surface area contributed by atoms with Crippen LogP contribution in [-0.4, -0.2) is 28.6 Å². The smallest absolute Gasteiger partial charge is 0.329 e. The molecule has 0 saturated heterocycles. The fourth-order valence-electron chi connectivity index (χ4n) is 1.29. The maximum atomic E-state index is 11.0. The standard InChI is InChI=1S/C12H13N3O4/c13-11(18)12(19)15-14-9(6-7-10(16)17)8-4-2-1-3-5-8/h1-5H,6-7H2,(H2,13,18)(H,15,19)(H,16,17)/b14-9+. The van der Waals surface area contributed by atoms with Crippen LogP contribution in [0.4, 0.5) is 0 Å². The Morgan fingerprint density at radius 3 is 2.32 bits per heavy atom. The minimum atomic E-state index is -1.16. The van der Waals surface area contributed by atoms with Gasteiger partial charge in [-0.15, -0.1) is 0 Å². The van der Waals surface area contributed by atoms with E-state index in [0.717, 1.165) is 0 Å². The molecule has 19 heavy (non-hydrogen) atoms. The van der Waals surface area contributed by atoms with E-state index in [9.17, 15) is 14.4 Å². The molecule has 7 nitrogen and oxygen atoms in total. The molecule has 0 unspecified atom stereocenters. The van der Waals surface area contributed by atoms with Crippen molar-refractivity contribution in [2.24, 2.45) is 10.8 Å². The third kappa shape index (κ3) is 4.99. The number of hydrogen-bond acceptors (Lipinski definition) is 4. The van der Waals surface area contributed by atoms with E-state index in [1.165, 1.54) is 0 Å². The Hall–Kier alpha value is -2.70. The van der Waals surface area contributed by atoms with E-state index in [-0.39, 0.29) is 12.8 Å². The normalized spacial score (nSPS) is 10.8. The van der Waals surface area contributed by atoms with Gasteiger partial charge >= 0.3 is 17.8 Å². The number of hydrogen-bond donors (Lipinski definition) is 3. The van der Waals surface area contributed by atoms with Gasteiger partial charge in [-0.25, -0.2) is 5.43 Å². The highest BCUT2D eigenvalue weighted by atomic mass is 16.4. The Kier molecular flexibility index (Phi) is 5.21. The van der Waals surface area contributed by atoms with Crippen molar-refractivity contribution in [3.63, 3.8) is 0 Å². The monoisotopic (exact) mass is 263 g/mol. The zero-order chi connectivity index (χ0) is 14.3. The first kappa shape index (κ1) is 14.4. The molecule has 1 rings (SSSR count). The summed E-state index contributed by atoms with van der Waals surface area (Å²) in [4.78, 5) is 32.1. The van der Waals surface area contributed by atoms with Crippen molar-refractivity contribution >= 4 is 23.5 Å². The lowest BCUT2D eigenvalue weighted by Gasteiger charge is -2.05. The Labute approximate surface area is 109 Å². The molecule has 1 aromatic rings. The van der Waals surface area contributed by atoms with E-state index in [0.29, 0.717) is 11.3 Å². The van der Waals surface area contributed by atoms with Gasteiger partial charge in [0.15, 0.2) is 0 Å². The summed E-state index contributed by atoms with van der Waals surface area (Å²) in [6.07, 6.45) is -0.0153. The molecule has 7 heteroatoms. The fourth-order valence-corrected chi connectivity index (χ4v) is 1.29. The van der Waals surface area contributed by atoms with Crippen LogP contribution < -0.4 is 11.2 Å². The number of benzene rings is 1. The van der Waals surface area contributed by atoms with Gasteiger partial charge in [0.25, 0.3) is 0 Å². The minimum absolute atomic E-state index is 0.123. The van der Waals surface area contributed by atoms with Crippen LogP contribution in [-0.2, 0) is 14.4 Å². The zero-order valence-electron chi connectivity index (χ0n) is 10.00. The topological polar surface area (TPSA) is 122 Å². The third-order valence-corrected chi connectivity index (χ3v) is 2.20. The minimum Gasteiger partial charge on any atom is -0.481 e. The maximum absolute atomic E-state index is 11.0. The molecular formula is C12H13N3O4. The number of hydrazone groups is 1. The molecule has 0 aliphatic heterocycles. The van der Waals surface area contributed by atoms with E-state index in [2.05, 4.69) is 5.10 Å². The Balaban J connectivity index is 2.86. The van der Waals surface area contributed by atoms with Crippen LogP contribution in [0, 0.1) is 0 Å². The second kappa shape index (κ2) is 6.90. The third-order valence-electron chi connectivity index (χ3n) is 2.20. The lowest BCUT2D eigenvalue weighted by molar-refractivity contribution is -0.137. The lowest BCUT2D eigenvalue weighted by Crippen LogP contribution is -2.33. The predicted molar refractivity (Wildman–Crippen MR) is 67.2 cm³/mol. The van der Waals surface area contributed by atoms with Crippen molar-refractivity contribution in [1.82, 2.24) is 5.43 Å². The molecular weight excluding hydrogens is 250 g/mol. The highest BCUT2D eigenvalue weighted by Crippen LogP contribution is 2.06. The first-order chi connectivity index (χ1) is 9.00. The van der Waals surface area contributed by atoms with E-state index < -0.39 is 17.8 Å². The summed E-state index contributed by atoms with van der Waals surface area (Å²) in [7, 11) is 0.